The molecule has 0 saturated carbocycles. The highest BCUT2D eigenvalue weighted by Crippen LogP contribution is 2.15. The summed E-state index contributed by atoms with van der Waals surface area (Å²) in [6, 6.07) is 5.65. The Balaban J connectivity index is 1.85. The normalized spacial score (nSPS) is 17.2. The molecule has 24 heavy (non-hydrogen) atoms. The lowest BCUT2D eigenvalue weighted by atomic mass is 10.1. The van der Waals surface area contributed by atoms with Crippen LogP contribution in [0.25, 0.3) is 0 Å². The molecule has 1 aliphatic heterocycles. The maximum atomic E-state index is 12.1. The van der Waals surface area contributed by atoms with Crippen molar-refractivity contribution in [1.82, 2.24) is 10.2 Å². The number of carbonyl (C=O) groups is 3. The number of carbonyl (C=O) groups excluding carboxylic acids is 3. The third-order valence-corrected chi connectivity index (χ3v) is 3.67. The Morgan fingerprint density at radius 1 is 1.25 bits per heavy atom. The SMILES string of the molecule is CCOC(=O)c1ccc(OCCN2C(=O)NC(C(C)C)C2=O)cc1. The lowest BCUT2D eigenvalue weighted by Gasteiger charge is -2.15. The number of nitrogens with one attached hydrogen (secondary N) is 1. The van der Waals surface area contributed by atoms with Crippen LogP contribution in [0, 0.1) is 5.92 Å². The molecule has 1 fully saturated rings. The Labute approximate surface area is 140 Å². The van der Waals surface area contributed by atoms with Gasteiger partial charge in [0.2, 0.25) is 0 Å². The van der Waals surface area contributed by atoms with Gasteiger partial charge in [-0.15, -0.1) is 0 Å². The standard InChI is InChI=1S/C17H22N2O5/c1-4-23-16(21)12-5-7-13(8-6-12)24-10-9-19-15(20)14(11(2)3)18-17(19)22/h5-8,11,14H,4,9-10H2,1-3H3,(H,18,22). The minimum absolute atomic E-state index is 0.0442. The van der Waals surface area contributed by atoms with Gasteiger partial charge in [0.1, 0.15) is 18.4 Å². The summed E-state index contributed by atoms with van der Waals surface area (Å²) in [5.74, 6) is -0.0160. The van der Waals surface area contributed by atoms with Crippen molar-refractivity contribution in [3.63, 3.8) is 0 Å². The van der Waals surface area contributed by atoms with Gasteiger partial charge in [-0.25, -0.2) is 9.59 Å². The monoisotopic (exact) mass is 334 g/mol. The van der Waals surface area contributed by atoms with Crippen LogP contribution in [0.2, 0.25) is 0 Å². The molecule has 3 amide bonds. The average molecular weight is 334 g/mol. The molecule has 1 saturated heterocycles. The van der Waals surface area contributed by atoms with Crippen LogP contribution in [-0.4, -0.2) is 48.6 Å². The molecule has 0 bridgehead atoms. The second-order valence-corrected chi connectivity index (χ2v) is 5.75. The molecule has 0 spiro atoms. The molecule has 2 rings (SSSR count). The highest BCUT2D eigenvalue weighted by Gasteiger charge is 2.39. The van der Waals surface area contributed by atoms with E-state index in [1.165, 1.54) is 0 Å². The van der Waals surface area contributed by atoms with Gasteiger partial charge in [-0.05, 0) is 37.1 Å². The Kier molecular flexibility index (Phi) is 5.78. The Hall–Kier alpha value is -2.57. The summed E-state index contributed by atoms with van der Waals surface area (Å²) in [4.78, 5) is 36.6. The largest absolute Gasteiger partial charge is 0.492 e. The number of rotatable bonds is 7. The Bertz CT molecular complexity index is 612. The van der Waals surface area contributed by atoms with Crippen LogP contribution in [0.4, 0.5) is 4.79 Å². The van der Waals surface area contributed by atoms with Crippen LogP contribution in [0.3, 0.4) is 0 Å². The van der Waals surface area contributed by atoms with Gasteiger partial charge in [0.25, 0.3) is 5.91 Å². The van der Waals surface area contributed by atoms with Gasteiger partial charge in [-0.1, -0.05) is 13.8 Å². The number of hydrogen-bond acceptors (Lipinski definition) is 5. The lowest BCUT2D eigenvalue weighted by molar-refractivity contribution is -0.128. The molecule has 1 heterocycles. The number of esters is 1. The fraction of sp³-hybridized carbons (Fsp3) is 0.471. The highest BCUT2D eigenvalue weighted by molar-refractivity contribution is 6.04. The van der Waals surface area contributed by atoms with Crippen molar-refractivity contribution < 1.29 is 23.9 Å². The second-order valence-electron chi connectivity index (χ2n) is 5.75. The van der Waals surface area contributed by atoms with Crippen LogP contribution in [-0.2, 0) is 9.53 Å². The van der Waals surface area contributed by atoms with Crippen LogP contribution >= 0.6 is 0 Å². The van der Waals surface area contributed by atoms with Gasteiger partial charge in [0, 0.05) is 0 Å². The van der Waals surface area contributed by atoms with Crippen molar-refractivity contribution in [3.8, 4) is 5.75 Å². The zero-order valence-electron chi connectivity index (χ0n) is 14.1. The van der Waals surface area contributed by atoms with Crippen LogP contribution in [0.15, 0.2) is 24.3 Å². The summed E-state index contributed by atoms with van der Waals surface area (Å²) in [6.07, 6.45) is 0. The molecule has 1 aromatic carbocycles. The van der Waals surface area contributed by atoms with Crippen molar-refractivity contribution >= 4 is 17.9 Å². The minimum Gasteiger partial charge on any atom is -0.492 e. The average Bonchev–Trinajstić information content (AvgIpc) is 2.84. The molecule has 0 aliphatic carbocycles. The maximum Gasteiger partial charge on any atom is 0.338 e. The summed E-state index contributed by atoms with van der Waals surface area (Å²) in [6.45, 7) is 6.19. The van der Waals surface area contributed by atoms with E-state index in [-0.39, 0.29) is 37.0 Å². The second kappa shape index (κ2) is 7.81. The van der Waals surface area contributed by atoms with E-state index in [1.807, 2.05) is 13.8 Å². The molecule has 130 valence electrons. The molecule has 7 heteroatoms. The van der Waals surface area contributed by atoms with E-state index in [4.69, 9.17) is 9.47 Å². The Morgan fingerprint density at radius 2 is 1.92 bits per heavy atom. The zero-order valence-corrected chi connectivity index (χ0v) is 14.1. The predicted octanol–water partition coefficient (Wildman–Crippen LogP) is 1.82. The first-order valence-corrected chi connectivity index (χ1v) is 7.96. The third kappa shape index (κ3) is 4.04. The van der Waals surface area contributed by atoms with Crippen molar-refractivity contribution in [2.24, 2.45) is 5.92 Å². The zero-order chi connectivity index (χ0) is 17.7. The lowest BCUT2D eigenvalue weighted by Crippen LogP contribution is -2.36. The van der Waals surface area contributed by atoms with Crippen molar-refractivity contribution in [3.05, 3.63) is 29.8 Å². The summed E-state index contributed by atoms with van der Waals surface area (Å²) in [5, 5.41) is 2.66. The highest BCUT2D eigenvalue weighted by atomic mass is 16.5. The van der Waals surface area contributed by atoms with E-state index in [0.717, 1.165) is 4.90 Å². The molecule has 1 aromatic rings. The van der Waals surface area contributed by atoms with Crippen molar-refractivity contribution in [2.75, 3.05) is 19.8 Å². The van der Waals surface area contributed by atoms with Gasteiger partial charge < -0.3 is 14.8 Å². The number of benzene rings is 1. The van der Waals surface area contributed by atoms with Crippen LogP contribution < -0.4 is 10.1 Å². The van der Waals surface area contributed by atoms with Gasteiger partial charge in [0.15, 0.2) is 0 Å². The molecule has 0 aromatic heterocycles. The summed E-state index contributed by atoms with van der Waals surface area (Å²) < 4.78 is 10.4. The molecule has 0 radical (unpaired) electrons. The number of ether oxygens (including phenoxy) is 2. The van der Waals surface area contributed by atoms with E-state index >= 15 is 0 Å². The van der Waals surface area contributed by atoms with E-state index in [9.17, 15) is 14.4 Å². The fourth-order valence-corrected chi connectivity index (χ4v) is 2.36. The first-order valence-electron chi connectivity index (χ1n) is 7.96. The smallest absolute Gasteiger partial charge is 0.338 e. The molecular weight excluding hydrogens is 312 g/mol. The van der Waals surface area contributed by atoms with Crippen LogP contribution in [0.1, 0.15) is 31.1 Å². The molecular formula is C17H22N2O5. The molecule has 1 unspecified atom stereocenters. The topological polar surface area (TPSA) is 84.9 Å². The quantitative estimate of drug-likeness (QED) is 0.607. The first-order chi connectivity index (χ1) is 11.4. The summed E-state index contributed by atoms with van der Waals surface area (Å²) in [5.41, 5.74) is 0.443. The van der Waals surface area contributed by atoms with E-state index < -0.39 is 6.04 Å². The van der Waals surface area contributed by atoms with Crippen LogP contribution in [0.5, 0.6) is 5.75 Å². The van der Waals surface area contributed by atoms with Gasteiger partial charge in [-0.2, -0.15) is 0 Å². The minimum atomic E-state index is -0.471. The molecule has 1 aliphatic rings. The van der Waals surface area contributed by atoms with E-state index in [1.54, 1.807) is 31.2 Å². The molecule has 7 nitrogen and oxygen atoms in total. The number of urea groups is 1. The number of hydrogen-bond donors (Lipinski definition) is 1. The number of amides is 3. The summed E-state index contributed by atoms with van der Waals surface area (Å²) >= 11 is 0. The van der Waals surface area contributed by atoms with E-state index in [0.29, 0.717) is 17.9 Å². The maximum absolute atomic E-state index is 12.1. The van der Waals surface area contributed by atoms with Gasteiger partial charge >= 0.3 is 12.0 Å². The number of nitrogens with zero attached hydrogens (tertiary/aromatic N) is 1. The Morgan fingerprint density at radius 3 is 2.46 bits per heavy atom. The summed E-state index contributed by atoms with van der Waals surface area (Å²) in [7, 11) is 0. The first kappa shape index (κ1) is 17.8. The fourth-order valence-electron chi connectivity index (χ4n) is 2.36. The van der Waals surface area contributed by atoms with Gasteiger partial charge in [-0.3, -0.25) is 9.69 Å². The number of imide groups is 1. The van der Waals surface area contributed by atoms with E-state index in [2.05, 4.69) is 5.32 Å². The third-order valence-electron chi connectivity index (χ3n) is 3.67. The molecule has 1 N–H and O–H groups in total. The predicted molar refractivity (Wildman–Crippen MR) is 86.8 cm³/mol. The van der Waals surface area contributed by atoms with Crippen molar-refractivity contribution in [1.29, 1.82) is 0 Å². The van der Waals surface area contributed by atoms with Crippen molar-refractivity contribution in [2.45, 2.75) is 26.8 Å². The van der Waals surface area contributed by atoms with Gasteiger partial charge in [0.05, 0.1) is 18.7 Å². The molecule has 1 atom stereocenters.